The molecule has 0 radical (unpaired) electrons. The molecule has 1 heterocycles. The molecule has 28 heavy (non-hydrogen) atoms. The Labute approximate surface area is 159 Å². The summed E-state index contributed by atoms with van der Waals surface area (Å²) < 4.78 is 14.8. The van der Waals surface area contributed by atoms with Crippen molar-refractivity contribution in [3.05, 3.63) is 75.0 Å². The van der Waals surface area contributed by atoms with Gasteiger partial charge in [0.25, 0.3) is 0 Å². The van der Waals surface area contributed by atoms with E-state index >= 15 is 0 Å². The highest BCUT2D eigenvalue weighted by atomic mass is 16.6. The molecular weight excluding hydrogens is 368 g/mol. The number of cyclic esters (lactones) is 1. The zero-order chi connectivity index (χ0) is 20.3. The topological polar surface area (TPSA) is 117 Å². The first-order valence-corrected chi connectivity index (χ1v) is 7.97. The Morgan fingerprint density at radius 2 is 1.96 bits per heavy atom. The van der Waals surface area contributed by atoms with E-state index in [0.717, 1.165) is 0 Å². The number of nitro benzene ring substituents is 1. The average Bonchev–Trinajstić information content (AvgIpc) is 3.07. The second-order valence-corrected chi connectivity index (χ2v) is 5.56. The van der Waals surface area contributed by atoms with E-state index in [4.69, 9.17) is 14.2 Å². The van der Waals surface area contributed by atoms with Crippen molar-refractivity contribution in [2.75, 3.05) is 14.2 Å². The van der Waals surface area contributed by atoms with Crippen molar-refractivity contribution in [1.82, 2.24) is 0 Å². The van der Waals surface area contributed by atoms with Gasteiger partial charge in [0.2, 0.25) is 5.90 Å². The van der Waals surface area contributed by atoms with Crippen molar-refractivity contribution in [1.29, 1.82) is 0 Å². The number of methoxy groups -OCH3 is 2. The summed E-state index contributed by atoms with van der Waals surface area (Å²) in [6.07, 6.45) is 1.39. The number of esters is 2. The van der Waals surface area contributed by atoms with E-state index in [1.54, 1.807) is 24.3 Å². The first-order chi connectivity index (χ1) is 13.4. The molecule has 0 saturated carbocycles. The number of nitro groups is 1. The molecule has 0 aromatic heterocycles. The second kappa shape index (κ2) is 7.70. The zero-order valence-electron chi connectivity index (χ0n) is 14.9. The summed E-state index contributed by atoms with van der Waals surface area (Å²) >= 11 is 0. The molecule has 142 valence electrons. The summed E-state index contributed by atoms with van der Waals surface area (Å²) in [5, 5.41) is 11.2. The number of hydrogen-bond acceptors (Lipinski definition) is 8. The number of ether oxygens (including phenoxy) is 3. The van der Waals surface area contributed by atoms with Crippen molar-refractivity contribution in [2.45, 2.75) is 0 Å². The highest BCUT2D eigenvalue weighted by molar-refractivity contribution is 6.13. The van der Waals surface area contributed by atoms with Gasteiger partial charge in [-0.05, 0) is 29.8 Å². The van der Waals surface area contributed by atoms with Crippen molar-refractivity contribution in [2.24, 2.45) is 4.99 Å². The van der Waals surface area contributed by atoms with E-state index in [0.29, 0.717) is 5.56 Å². The maximum absolute atomic E-state index is 12.2. The quantitative estimate of drug-likeness (QED) is 0.338. The van der Waals surface area contributed by atoms with Crippen molar-refractivity contribution < 1.29 is 28.7 Å². The van der Waals surface area contributed by atoms with Gasteiger partial charge >= 0.3 is 17.6 Å². The van der Waals surface area contributed by atoms with Gasteiger partial charge in [0.15, 0.2) is 11.4 Å². The van der Waals surface area contributed by atoms with Gasteiger partial charge in [-0.25, -0.2) is 14.6 Å². The second-order valence-electron chi connectivity index (χ2n) is 5.56. The molecule has 0 aliphatic carbocycles. The van der Waals surface area contributed by atoms with Crippen LogP contribution < -0.4 is 4.74 Å². The van der Waals surface area contributed by atoms with E-state index in [9.17, 15) is 19.7 Å². The van der Waals surface area contributed by atoms with Crippen molar-refractivity contribution in [3.63, 3.8) is 0 Å². The lowest BCUT2D eigenvalue weighted by Gasteiger charge is -2.03. The molecule has 0 saturated heterocycles. The highest BCUT2D eigenvalue weighted by Crippen LogP contribution is 2.29. The molecule has 2 aromatic rings. The number of carbonyl (C=O) groups excluding carboxylic acids is 2. The highest BCUT2D eigenvalue weighted by Gasteiger charge is 2.27. The molecule has 0 amide bonds. The Morgan fingerprint density at radius 3 is 2.64 bits per heavy atom. The van der Waals surface area contributed by atoms with Crippen LogP contribution in [0.5, 0.6) is 5.75 Å². The Hall–Kier alpha value is -4.01. The van der Waals surface area contributed by atoms with E-state index in [1.165, 1.54) is 38.5 Å². The molecule has 0 spiro atoms. The molecule has 0 fully saturated rings. The van der Waals surface area contributed by atoms with Crippen LogP contribution in [0.15, 0.2) is 53.2 Å². The fourth-order valence-electron chi connectivity index (χ4n) is 2.56. The third kappa shape index (κ3) is 3.58. The normalized spacial score (nSPS) is 14.4. The maximum Gasteiger partial charge on any atom is 0.363 e. The van der Waals surface area contributed by atoms with Crippen LogP contribution in [0.2, 0.25) is 0 Å². The number of benzene rings is 2. The van der Waals surface area contributed by atoms with Crippen molar-refractivity contribution >= 4 is 29.6 Å². The molecule has 0 atom stereocenters. The van der Waals surface area contributed by atoms with Crippen LogP contribution in [0.4, 0.5) is 5.69 Å². The van der Waals surface area contributed by atoms with Gasteiger partial charge in [0.05, 0.1) is 24.7 Å². The maximum atomic E-state index is 12.2. The van der Waals surface area contributed by atoms with Gasteiger partial charge < -0.3 is 14.2 Å². The SMILES string of the molecule is COC(=O)c1ccccc1/C=C1\N=C(c2ccc(OC)c([N+](=O)[O-])c2)OC1=O. The number of rotatable bonds is 5. The summed E-state index contributed by atoms with van der Waals surface area (Å²) in [6, 6.07) is 10.6. The van der Waals surface area contributed by atoms with Crippen LogP contribution in [0.3, 0.4) is 0 Å². The summed E-state index contributed by atoms with van der Waals surface area (Å²) in [7, 11) is 2.57. The molecule has 1 aliphatic rings. The third-order valence-electron chi connectivity index (χ3n) is 3.90. The predicted octanol–water partition coefficient (Wildman–Crippen LogP) is 2.73. The minimum atomic E-state index is -0.742. The molecule has 0 N–H and O–H groups in total. The molecule has 1 aliphatic heterocycles. The summed E-state index contributed by atoms with van der Waals surface area (Å²) in [4.78, 5) is 38.7. The van der Waals surface area contributed by atoms with Gasteiger partial charge in [-0.15, -0.1) is 0 Å². The lowest BCUT2D eigenvalue weighted by Crippen LogP contribution is -2.06. The molecule has 0 bridgehead atoms. The van der Waals surface area contributed by atoms with E-state index in [1.807, 2.05) is 0 Å². The molecular formula is C19H14N2O7. The van der Waals surface area contributed by atoms with Crippen LogP contribution >= 0.6 is 0 Å². The summed E-state index contributed by atoms with van der Waals surface area (Å²) in [6.45, 7) is 0. The van der Waals surface area contributed by atoms with Gasteiger partial charge in [0.1, 0.15) is 0 Å². The number of carbonyl (C=O) groups is 2. The number of hydrogen-bond donors (Lipinski definition) is 0. The minimum absolute atomic E-state index is 0.0511. The molecule has 3 rings (SSSR count). The summed E-state index contributed by atoms with van der Waals surface area (Å²) in [5.41, 5.74) is 0.587. The number of aliphatic imine (C=N–C) groups is 1. The lowest BCUT2D eigenvalue weighted by molar-refractivity contribution is -0.385. The first-order valence-electron chi connectivity index (χ1n) is 7.97. The molecule has 0 unspecified atom stereocenters. The van der Waals surface area contributed by atoms with Crippen LogP contribution in [-0.4, -0.2) is 37.0 Å². The van der Waals surface area contributed by atoms with Crippen LogP contribution in [0.1, 0.15) is 21.5 Å². The Bertz CT molecular complexity index is 1040. The van der Waals surface area contributed by atoms with Crippen LogP contribution in [-0.2, 0) is 14.3 Å². The van der Waals surface area contributed by atoms with Gasteiger partial charge in [-0.1, -0.05) is 18.2 Å². The Kier molecular flexibility index (Phi) is 5.16. The summed E-state index contributed by atoms with van der Waals surface area (Å²) in [5.74, 6) is -1.32. The first kappa shape index (κ1) is 18.8. The Morgan fingerprint density at radius 1 is 1.21 bits per heavy atom. The predicted molar refractivity (Wildman–Crippen MR) is 98.0 cm³/mol. The van der Waals surface area contributed by atoms with Gasteiger partial charge in [-0.2, -0.15) is 0 Å². The van der Waals surface area contributed by atoms with E-state index in [2.05, 4.69) is 4.99 Å². The van der Waals surface area contributed by atoms with E-state index in [-0.39, 0.29) is 34.2 Å². The Balaban J connectivity index is 2.01. The fourth-order valence-corrected chi connectivity index (χ4v) is 2.56. The lowest BCUT2D eigenvalue weighted by atomic mass is 10.1. The molecule has 9 heteroatoms. The van der Waals surface area contributed by atoms with Gasteiger partial charge in [0, 0.05) is 11.6 Å². The van der Waals surface area contributed by atoms with Crippen molar-refractivity contribution in [3.8, 4) is 5.75 Å². The fraction of sp³-hybridized carbons (Fsp3) is 0.105. The zero-order valence-corrected chi connectivity index (χ0v) is 14.9. The minimum Gasteiger partial charge on any atom is -0.490 e. The monoisotopic (exact) mass is 382 g/mol. The smallest absolute Gasteiger partial charge is 0.363 e. The average molecular weight is 382 g/mol. The largest absolute Gasteiger partial charge is 0.490 e. The molecule has 2 aromatic carbocycles. The van der Waals surface area contributed by atoms with E-state index < -0.39 is 16.9 Å². The van der Waals surface area contributed by atoms with Crippen LogP contribution in [0.25, 0.3) is 6.08 Å². The van der Waals surface area contributed by atoms with Crippen LogP contribution in [0, 0.1) is 10.1 Å². The number of nitrogens with zero attached hydrogens (tertiary/aromatic N) is 2. The standard InChI is InChI=1S/C19H14N2O7/c1-26-16-8-7-12(10-15(16)21(24)25)17-20-14(19(23)28-17)9-11-5-3-4-6-13(11)18(22)27-2/h3-10H,1-2H3/b14-9-. The van der Waals surface area contributed by atoms with Gasteiger partial charge in [-0.3, -0.25) is 10.1 Å². The third-order valence-corrected chi connectivity index (χ3v) is 3.90. The molecule has 9 nitrogen and oxygen atoms in total.